The summed E-state index contributed by atoms with van der Waals surface area (Å²) in [5, 5.41) is 7.03. The van der Waals surface area contributed by atoms with Crippen LogP contribution in [-0.4, -0.2) is 16.0 Å². The average Bonchev–Trinajstić information content (AvgIpc) is 3.97. The molecule has 0 atom stereocenters. The Morgan fingerprint density at radius 3 is 1.65 bits per heavy atom. The fourth-order valence-electron chi connectivity index (χ4n) is 10.2. The first-order chi connectivity index (χ1) is 29.8. The number of aromatic nitrogens is 2. The monoisotopic (exact) mass is 766 g/mol. The van der Waals surface area contributed by atoms with Crippen molar-refractivity contribution >= 4 is 83.4 Å². The van der Waals surface area contributed by atoms with E-state index in [-0.39, 0.29) is 6.92 Å². The topological polar surface area (TPSA) is 41.5 Å². The summed E-state index contributed by atoms with van der Waals surface area (Å²) < 4.78 is 25.7. The van der Waals surface area contributed by atoms with Crippen molar-refractivity contribution in [1.82, 2.24) is 9.13 Å². The smallest absolute Gasteiger partial charge is 0.434 e. The van der Waals surface area contributed by atoms with Gasteiger partial charge in [-0.3, -0.25) is 0 Å². The minimum absolute atomic E-state index is 0.328. The van der Waals surface area contributed by atoms with Gasteiger partial charge in [0.1, 0.15) is 22.8 Å². The second kappa shape index (κ2) is 11.8. The highest BCUT2D eigenvalue weighted by Crippen LogP contribution is 2.45. The normalized spacial score (nSPS) is 12.9. The Kier molecular flexibility index (Phi) is 6.31. The summed E-state index contributed by atoms with van der Waals surface area (Å²) in [6, 6.07) is 66.7. The van der Waals surface area contributed by atoms with Crippen LogP contribution in [0.25, 0.3) is 99.2 Å². The molecule has 0 aliphatic carbocycles. The maximum Gasteiger partial charge on any atom is 0.434 e. The zero-order valence-electron chi connectivity index (χ0n) is 32.1. The van der Waals surface area contributed by atoms with Crippen LogP contribution in [0.3, 0.4) is 0 Å². The van der Waals surface area contributed by atoms with E-state index in [0.717, 1.165) is 106 Å². The number of fused-ring (bicyclic) bond motifs is 13. The molecule has 0 bridgehead atoms. The summed E-state index contributed by atoms with van der Waals surface area (Å²) in [5.74, 6) is 2.43. The van der Waals surface area contributed by atoms with E-state index in [1.54, 1.807) is 0 Å². The molecule has 0 spiro atoms. The predicted molar refractivity (Wildman–Crippen MR) is 245 cm³/mol. The molecular formula is C54H31BN2O3. The van der Waals surface area contributed by atoms with Gasteiger partial charge in [-0.15, -0.1) is 0 Å². The molecule has 12 aromatic rings. The molecule has 0 amide bonds. The lowest BCUT2D eigenvalue weighted by molar-refractivity contribution is 0.479. The molecule has 0 N–H and O–H groups in total. The van der Waals surface area contributed by atoms with Gasteiger partial charge in [0.25, 0.3) is 0 Å². The van der Waals surface area contributed by atoms with Crippen LogP contribution in [-0.2, 0) is 0 Å². The van der Waals surface area contributed by atoms with Gasteiger partial charge >= 0.3 is 6.92 Å². The third-order valence-electron chi connectivity index (χ3n) is 12.8. The van der Waals surface area contributed by atoms with Crippen molar-refractivity contribution in [3.05, 3.63) is 188 Å². The molecule has 0 saturated carbocycles. The third-order valence-corrected chi connectivity index (χ3v) is 12.8. The lowest BCUT2D eigenvalue weighted by atomic mass is 9.50. The van der Waals surface area contributed by atoms with Crippen molar-refractivity contribution in [2.45, 2.75) is 0 Å². The number of para-hydroxylation sites is 7. The number of furan rings is 1. The quantitative estimate of drug-likeness (QED) is 0.168. The van der Waals surface area contributed by atoms with E-state index in [9.17, 15) is 0 Å². The van der Waals surface area contributed by atoms with Crippen molar-refractivity contribution < 1.29 is 13.8 Å². The van der Waals surface area contributed by atoms with Crippen molar-refractivity contribution in [2.75, 3.05) is 0 Å². The number of hydrogen-bond acceptors (Lipinski definition) is 3. The van der Waals surface area contributed by atoms with Gasteiger partial charge in [-0.1, -0.05) is 127 Å². The highest BCUT2D eigenvalue weighted by molar-refractivity contribution is 6.84. The summed E-state index contributed by atoms with van der Waals surface area (Å²) in [5.41, 5.74) is 14.6. The van der Waals surface area contributed by atoms with Crippen LogP contribution < -0.4 is 20.3 Å². The number of nitrogens with zero attached hydrogens (tertiary/aromatic N) is 2. The second-order valence-electron chi connectivity index (χ2n) is 15.9. The van der Waals surface area contributed by atoms with Gasteiger partial charge in [0.2, 0.25) is 0 Å². The van der Waals surface area contributed by atoms with E-state index in [4.69, 9.17) is 13.8 Å². The molecule has 14 rings (SSSR count). The number of rotatable bonds is 3. The predicted octanol–water partition coefficient (Wildman–Crippen LogP) is 12.7. The van der Waals surface area contributed by atoms with Crippen LogP contribution in [0.4, 0.5) is 0 Å². The van der Waals surface area contributed by atoms with Gasteiger partial charge in [-0.25, -0.2) is 0 Å². The zero-order valence-corrected chi connectivity index (χ0v) is 32.1. The molecule has 0 saturated heterocycles. The maximum absolute atomic E-state index is 7.11. The highest BCUT2D eigenvalue weighted by Gasteiger charge is 2.41. The molecule has 5 nitrogen and oxygen atoms in total. The molecule has 60 heavy (non-hydrogen) atoms. The van der Waals surface area contributed by atoms with Crippen LogP contribution in [0.15, 0.2) is 192 Å². The maximum atomic E-state index is 7.11. The number of benzene rings is 9. The lowest BCUT2D eigenvalue weighted by Crippen LogP contribution is -2.53. The van der Waals surface area contributed by atoms with E-state index < -0.39 is 0 Å². The Hall–Kier alpha value is -7.96. The number of hydrogen-bond donors (Lipinski definition) is 0. The summed E-state index contributed by atoms with van der Waals surface area (Å²) in [6.45, 7) is -0.328. The SMILES string of the molecule is c1ccc2c(c1)OB1c3ccc(-n4c5ccccc5c5ccccc54)cc3Oc3cc(-c4cccc5c4oc4c(-n6c7ccccc7c7ccccc76)cccc45)cc-2c31. The molecular weight excluding hydrogens is 735 g/mol. The largest absolute Gasteiger partial charge is 0.551 e. The zero-order chi connectivity index (χ0) is 39.1. The van der Waals surface area contributed by atoms with E-state index in [0.29, 0.717) is 0 Å². The van der Waals surface area contributed by atoms with Crippen LogP contribution >= 0.6 is 0 Å². The third kappa shape index (κ3) is 4.26. The standard InChI is InChI=1S/C54H31BN2O3/c1-6-21-44-35(13-1)36-14-2-7-22-45(36)56(44)33-27-28-43-50(31-33)58-51-30-32(29-42-39-17-5-10-26-49(39)60-55(43)52(42)51)34-18-11-19-40-41-20-12-25-48(54(41)59-53(34)40)57-46-23-8-3-15-37(46)38-16-4-9-24-47(38)57/h1-31H. The fraction of sp³-hybridized carbons (Fsp3) is 0. The van der Waals surface area contributed by atoms with Crippen molar-refractivity contribution in [2.24, 2.45) is 0 Å². The molecule has 9 aromatic carbocycles. The first-order valence-corrected chi connectivity index (χ1v) is 20.4. The Morgan fingerprint density at radius 1 is 0.383 bits per heavy atom. The summed E-state index contributed by atoms with van der Waals surface area (Å²) in [4.78, 5) is 0. The molecule has 0 unspecified atom stereocenters. The average molecular weight is 767 g/mol. The molecule has 0 radical (unpaired) electrons. The highest BCUT2D eigenvalue weighted by atomic mass is 16.5. The molecule has 5 heterocycles. The van der Waals surface area contributed by atoms with Gasteiger partial charge in [-0.2, -0.15) is 0 Å². The summed E-state index contributed by atoms with van der Waals surface area (Å²) >= 11 is 0. The van der Waals surface area contributed by atoms with E-state index in [1.807, 2.05) is 6.07 Å². The van der Waals surface area contributed by atoms with E-state index in [1.165, 1.54) is 21.5 Å². The Bertz CT molecular complexity index is 3710. The number of ether oxygens (including phenoxy) is 1. The van der Waals surface area contributed by atoms with Crippen LogP contribution in [0.1, 0.15) is 0 Å². The molecule has 2 aliphatic heterocycles. The van der Waals surface area contributed by atoms with Gasteiger partial charge in [0.15, 0.2) is 5.58 Å². The lowest BCUT2D eigenvalue weighted by Gasteiger charge is -2.33. The van der Waals surface area contributed by atoms with Gasteiger partial charge in [0, 0.05) is 66.1 Å². The summed E-state index contributed by atoms with van der Waals surface area (Å²) in [7, 11) is 0. The molecule has 0 fully saturated rings. The van der Waals surface area contributed by atoms with E-state index in [2.05, 4.69) is 191 Å². The second-order valence-corrected chi connectivity index (χ2v) is 15.9. The molecule has 3 aromatic heterocycles. The Balaban J connectivity index is 0.972. The first-order valence-electron chi connectivity index (χ1n) is 20.4. The molecule has 278 valence electrons. The summed E-state index contributed by atoms with van der Waals surface area (Å²) in [6.07, 6.45) is 0. The van der Waals surface area contributed by atoms with Crippen molar-refractivity contribution in [3.8, 4) is 50.9 Å². The van der Waals surface area contributed by atoms with Gasteiger partial charge < -0.3 is 22.9 Å². The minimum atomic E-state index is -0.328. The first kappa shape index (κ1) is 32.1. The van der Waals surface area contributed by atoms with Crippen LogP contribution in [0, 0.1) is 0 Å². The Morgan fingerprint density at radius 2 is 0.950 bits per heavy atom. The molecule has 2 aliphatic rings. The van der Waals surface area contributed by atoms with Crippen molar-refractivity contribution in [1.29, 1.82) is 0 Å². The fourth-order valence-corrected chi connectivity index (χ4v) is 10.2. The van der Waals surface area contributed by atoms with Crippen LogP contribution in [0.5, 0.6) is 17.2 Å². The van der Waals surface area contributed by atoms with Crippen molar-refractivity contribution in [3.63, 3.8) is 0 Å². The van der Waals surface area contributed by atoms with Gasteiger partial charge in [0.05, 0.1) is 27.8 Å². The van der Waals surface area contributed by atoms with Crippen LogP contribution in [0.2, 0.25) is 0 Å². The Labute approximate surface area is 344 Å². The van der Waals surface area contributed by atoms with E-state index >= 15 is 0 Å². The van der Waals surface area contributed by atoms with Gasteiger partial charge in [-0.05, 0) is 65.7 Å². The minimum Gasteiger partial charge on any atom is -0.551 e. The molecule has 6 heteroatoms.